The SMILES string of the molecule is CCC(=O)N1CCN(c2ccccc2NC(=S)NC(=O)c2cc3ccccc3o2)CC1. The molecule has 1 aromatic heterocycles. The molecule has 1 aliphatic heterocycles. The molecule has 0 atom stereocenters. The topological polar surface area (TPSA) is 77.8 Å². The van der Waals surface area contributed by atoms with E-state index in [0.29, 0.717) is 25.1 Å². The molecule has 3 aromatic rings. The fourth-order valence-electron chi connectivity index (χ4n) is 3.69. The molecule has 0 saturated carbocycles. The molecular weight excluding hydrogens is 412 g/mol. The Balaban J connectivity index is 1.41. The summed E-state index contributed by atoms with van der Waals surface area (Å²) in [5.41, 5.74) is 2.43. The fraction of sp³-hybridized carbons (Fsp3) is 0.261. The molecule has 2 heterocycles. The van der Waals surface area contributed by atoms with Crippen molar-refractivity contribution in [2.24, 2.45) is 0 Å². The van der Waals surface area contributed by atoms with Gasteiger partial charge in [-0.2, -0.15) is 0 Å². The second-order valence-corrected chi connectivity index (χ2v) is 7.70. The summed E-state index contributed by atoms with van der Waals surface area (Å²) in [6, 6.07) is 16.9. The molecule has 2 N–H and O–H groups in total. The Bertz CT molecular complexity index is 1090. The molecule has 1 saturated heterocycles. The molecule has 0 aliphatic carbocycles. The van der Waals surface area contributed by atoms with Crippen molar-refractivity contribution in [2.75, 3.05) is 36.4 Å². The van der Waals surface area contributed by atoms with Crippen LogP contribution in [0.25, 0.3) is 11.0 Å². The minimum Gasteiger partial charge on any atom is -0.451 e. The largest absolute Gasteiger partial charge is 0.451 e. The van der Waals surface area contributed by atoms with Crippen molar-refractivity contribution in [3.63, 3.8) is 0 Å². The number of piperazine rings is 1. The molecule has 7 nitrogen and oxygen atoms in total. The number of amides is 2. The highest BCUT2D eigenvalue weighted by molar-refractivity contribution is 7.80. The number of carbonyl (C=O) groups is 2. The maximum atomic E-state index is 12.5. The molecule has 1 fully saturated rings. The van der Waals surface area contributed by atoms with Crippen molar-refractivity contribution in [3.8, 4) is 0 Å². The Kier molecular flexibility index (Phi) is 6.18. The highest BCUT2D eigenvalue weighted by atomic mass is 32.1. The summed E-state index contributed by atoms with van der Waals surface area (Å²) in [4.78, 5) is 28.6. The Morgan fingerprint density at radius 3 is 2.48 bits per heavy atom. The van der Waals surface area contributed by atoms with Crippen LogP contribution in [0.3, 0.4) is 0 Å². The molecule has 160 valence electrons. The van der Waals surface area contributed by atoms with Gasteiger partial charge >= 0.3 is 0 Å². The van der Waals surface area contributed by atoms with Crippen molar-refractivity contribution in [1.29, 1.82) is 0 Å². The first kappa shape index (κ1) is 20.9. The highest BCUT2D eigenvalue weighted by Crippen LogP contribution is 2.27. The number of benzene rings is 2. The number of hydrogen-bond acceptors (Lipinski definition) is 5. The third kappa shape index (κ3) is 4.69. The number of para-hydroxylation sites is 3. The summed E-state index contributed by atoms with van der Waals surface area (Å²) in [5, 5.41) is 6.86. The summed E-state index contributed by atoms with van der Waals surface area (Å²) < 4.78 is 5.60. The molecule has 2 aromatic carbocycles. The predicted molar refractivity (Wildman–Crippen MR) is 125 cm³/mol. The van der Waals surface area contributed by atoms with E-state index in [1.165, 1.54) is 0 Å². The predicted octanol–water partition coefficient (Wildman–Crippen LogP) is 3.62. The number of hydrogen-bond donors (Lipinski definition) is 2. The fourth-order valence-corrected chi connectivity index (χ4v) is 3.89. The van der Waals surface area contributed by atoms with Gasteiger partial charge in [-0.15, -0.1) is 0 Å². The monoisotopic (exact) mass is 436 g/mol. The van der Waals surface area contributed by atoms with Gasteiger partial charge in [0.25, 0.3) is 5.91 Å². The first-order chi connectivity index (χ1) is 15.0. The van der Waals surface area contributed by atoms with E-state index in [2.05, 4.69) is 15.5 Å². The van der Waals surface area contributed by atoms with Crippen LogP contribution in [-0.4, -0.2) is 48.0 Å². The summed E-state index contributed by atoms with van der Waals surface area (Å²) in [5.74, 6) is -0.0197. The molecular formula is C23H24N4O3S. The van der Waals surface area contributed by atoms with Crippen molar-refractivity contribution in [3.05, 3.63) is 60.4 Å². The Morgan fingerprint density at radius 2 is 1.74 bits per heavy atom. The summed E-state index contributed by atoms with van der Waals surface area (Å²) in [6.07, 6.45) is 0.525. The lowest BCUT2D eigenvalue weighted by Gasteiger charge is -2.37. The number of furan rings is 1. The van der Waals surface area contributed by atoms with Crippen LogP contribution in [-0.2, 0) is 4.79 Å². The Morgan fingerprint density at radius 1 is 1.03 bits per heavy atom. The van der Waals surface area contributed by atoms with Gasteiger partial charge in [0.05, 0.1) is 11.4 Å². The Labute approximate surface area is 186 Å². The van der Waals surface area contributed by atoms with E-state index in [-0.39, 0.29) is 16.8 Å². The summed E-state index contributed by atoms with van der Waals surface area (Å²) in [6.45, 7) is 4.74. The zero-order chi connectivity index (χ0) is 21.8. The van der Waals surface area contributed by atoms with Crippen molar-refractivity contribution < 1.29 is 14.0 Å². The van der Waals surface area contributed by atoms with Gasteiger partial charge in [-0.25, -0.2) is 0 Å². The van der Waals surface area contributed by atoms with Gasteiger partial charge in [-0.05, 0) is 36.5 Å². The molecule has 8 heteroatoms. The quantitative estimate of drug-likeness (QED) is 0.609. The lowest BCUT2D eigenvalue weighted by molar-refractivity contribution is -0.131. The van der Waals surface area contributed by atoms with E-state index in [1.807, 2.05) is 60.4 Å². The van der Waals surface area contributed by atoms with Crippen molar-refractivity contribution in [2.45, 2.75) is 13.3 Å². The van der Waals surface area contributed by atoms with Crippen LogP contribution in [0.2, 0.25) is 0 Å². The zero-order valence-electron chi connectivity index (χ0n) is 17.3. The molecule has 31 heavy (non-hydrogen) atoms. The maximum Gasteiger partial charge on any atom is 0.293 e. The maximum absolute atomic E-state index is 12.5. The third-order valence-corrected chi connectivity index (χ3v) is 5.51. The van der Waals surface area contributed by atoms with Crippen LogP contribution in [0, 0.1) is 0 Å². The van der Waals surface area contributed by atoms with Gasteiger partial charge in [0.15, 0.2) is 10.9 Å². The third-order valence-electron chi connectivity index (χ3n) is 5.30. The van der Waals surface area contributed by atoms with Gasteiger partial charge in [-0.1, -0.05) is 37.3 Å². The summed E-state index contributed by atoms with van der Waals surface area (Å²) in [7, 11) is 0. The minimum absolute atomic E-state index is 0.181. The standard InChI is InChI=1S/C23H24N4O3S/c1-2-21(28)27-13-11-26(12-14-27)18-9-5-4-8-17(18)24-23(31)25-22(29)20-15-16-7-3-6-10-19(16)30-20/h3-10,15H,2,11-14H2,1H3,(H2,24,25,29,31). The molecule has 0 bridgehead atoms. The summed E-state index contributed by atoms with van der Waals surface area (Å²) >= 11 is 5.37. The van der Waals surface area contributed by atoms with Crippen LogP contribution in [0.5, 0.6) is 0 Å². The highest BCUT2D eigenvalue weighted by Gasteiger charge is 2.22. The molecule has 0 radical (unpaired) electrons. The second kappa shape index (κ2) is 9.18. The van der Waals surface area contributed by atoms with E-state index in [9.17, 15) is 9.59 Å². The van der Waals surface area contributed by atoms with E-state index in [4.69, 9.17) is 16.6 Å². The van der Waals surface area contributed by atoms with E-state index >= 15 is 0 Å². The molecule has 0 spiro atoms. The first-order valence-electron chi connectivity index (χ1n) is 10.3. The zero-order valence-corrected chi connectivity index (χ0v) is 18.1. The number of thiocarbonyl (C=S) groups is 1. The van der Waals surface area contributed by atoms with E-state index < -0.39 is 5.91 Å². The van der Waals surface area contributed by atoms with E-state index in [1.54, 1.807) is 6.07 Å². The van der Waals surface area contributed by atoms with Gasteiger partial charge in [0, 0.05) is 38.0 Å². The minimum atomic E-state index is -0.405. The van der Waals surface area contributed by atoms with Gasteiger partial charge in [0.2, 0.25) is 5.91 Å². The van der Waals surface area contributed by atoms with Gasteiger partial charge < -0.3 is 19.5 Å². The molecule has 2 amide bonds. The second-order valence-electron chi connectivity index (χ2n) is 7.30. The molecule has 4 rings (SSSR count). The number of anilines is 2. The van der Waals surface area contributed by atoms with Crippen LogP contribution in [0.15, 0.2) is 59.0 Å². The molecule has 1 aliphatic rings. The lowest BCUT2D eigenvalue weighted by atomic mass is 10.2. The van der Waals surface area contributed by atoms with Crippen molar-refractivity contribution in [1.82, 2.24) is 10.2 Å². The van der Waals surface area contributed by atoms with Crippen molar-refractivity contribution >= 4 is 51.5 Å². The number of rotatable bonds is 4. The van der Waals surface area contributed by atoms with Gasteiger partial charge in [-0.3, -0.25) is 14.9 Å². The number of carbonyl (C=O) groups excluding carboxylic acids is 2. The smallest absolute Gasteiger partial charge is 0.293 e. The molecule has 0 unspecified atom stereocenters. The van der Waals surface area contributed by atoms with Crippen LogP contribution in [0.4, 0.5) is 11.4 Å². The van der Waals surface area contributed by atoms with Crippen LogP contribution in [0.1, 0.15) is 23.9 Å². The average molecular weight is 437 g/mol. The van der Waals surface area contributed by atoms with Crippen LogP contribution < -0.4 is 15.5 Å². The van der Waals surface area contributed by atoms with Crippen LogP contribution >= 0.6 is 12.2 Å². The number of nitrogens with zero attached hydrogens (tertiary/aromatic N) is 2. The average Bonchev–Trinajstić information content (AvgIpc) is 3.23. The Hall–Kier alpha value is -3.39. The van der Waals surface area contributed by atoms with E-state index in [0.717, 1.165) is 29.9 Å². The normalized spacial score (nSPS) is 13.8. The lowest BCUT2D eigenvalue weighted by Crippen LogP contribution is -2.48. The first-order valence-corrected chi connectivity index (χ1v) is 10.7. The number of fused-ring (bicyclic) bond motifs is 1. The number of nitrogens with one attached hydrogen (secondary N) is 2. The van der Waals surface area contributed by atoms with Gasteiger partial charge in [0.1, 0.15) is 5.58 Å².